The molecule has 1 aliphatic rings. The normalized spacial score (nSPS) is 22.1. The van der Waals surface area contributed by atoms with E-state index >= 15 is 0 Å². The topological polar surface area (TPSA) is 44.9 Å². The Balaban J connectivity index is 1.83. The highest BCUT2D eigenvalue weighted by Gasteiger charge is 2.20. The van der Waals surface area contributed by atoms with Gasteiger partial charge in [0.1, 0.15) is 0 Å². The molecule has 118 valence electrons. The van der Waals surface area contributed by atoms with E-state index in [1.54, 1.807) is 0 Å². The van der Waals surface area contributed by atoms with Crippen molar-refractivity contribution in [3.8, 4) is 0 Å². The molecule has 22 heavy (non-hydrogen) atoms. The maximum atomic E-state index is 12.4. The highest BCUT2D eigenvalue weighted by molar-refractivity contribution is 5.83. The number of pyridine rings is 1. The zero-order valence-electron chi connectivity index (χ0n) is 13.8. The molecule has 1 heterocycles. The van der Waals surface area contributed by atoms with Crippen LogP contribution in [0.15, 0.2) is 23.0 Å². The lowest BCUT2D eigenvalue weighted by atomic mass is 9.86. The highest BCUT2D eigenvalue weighted by atomic mass is 16.1. The quantitative estimate of drug-likeness (QED) is 0.905. The van der Waals surface area contributed by atoms with Crippen molar-refractivity contribution in [1.29, 1.82) is 0 Å². The fourth-order valence-corrected chi connectivity index (χ4v) is 3.56. The number of aryl methyl sites for hydroxylation is 2. The van der Waals surface area contributed by atoms with Crippen molar-refractivity contribution in [3.63, 3.8) is 0 Å². The molecule has 2 N–H and O–H groups in total. The smallest absolute Gasteiger partial charge is 0.252 e. The molecule has 1 aliphatic carbocycles. The highest BCUT2D eigenvalue weighted by Crippen LogP contribution is 2.24. The van der Waals surface area contributed by atoms with Crippen molar-refractivity contribution in [2.45, 2.75) is 59.0 Å². The minimum Gasteiger partial charge on any atom is -0.321 e. The third-order valence-corrected chi connectivity index (χ3v) is 5.29. The Labute approximate surface area is 132 Å². The van der Waals surface area contributed by atoms with Crippen LogP contribution in [0.2, 0.25) is 0 Å². The van der Waals surface area contributed by atoms with Crippen LogP contribution in [0.3, 0.4) is 0 Å². The molecule has 0 amide bonds. The van der Waals surface area contributed by atoms with E-state index in [1.165, 1.54) is 31.2 Å². The number of fused-ring (bicyclic) bond motifs is 1. The minimum absolute atomic E-state index is 0.0390. The minimum atomic E-state index is 0.0390. The van der Waals surface area contributed by atoms with Gasteiger partial charge in [0.25, 0.3) is 5.56 Å². The molecular formula is C19H26N2O. The van der Waals surface area contributed by atoms with E-state index in [1.807, 2.05) is 6.07 Å². The molecule has 3 heteroatoms. The van der Waals surface area contributed by atoms with Crippen molar-refractivity contribution in [3.05, 3.63) is 45.2 Å². The van der Waals surface area contributed by atoms with Gasteiger partial charge in [0, 0.05) is 18.2 Å². The van der Waals surface area contributed by atoms with E-state index in [0.717, 1.165) is 22.0 Å². The second kappa shape index (κ2) is 6.25. The Morgan fingerprint density at radius 3 is 2.77 bits per heavy atom. The number of rotatable bonds is 3. The van der Waals surface area contributed by atoms with Gasteiger partial charge in [0.05, 0.1) is 5.52 Å². The van der Waals surface area contributed by atoms with Crippen molar-refractivity contribution < 1.29 is 0 Å². The van der Waals surface area contributed by atoms with Gasteiger partial charge in [-0.25, -0.2) is 0 Å². The first-order valence-electron chi connectivity index (χ1n) is 8.42. The molecule has 2 unspecified atom stereocenters. The molecule has 0 spiro atoms. The first-order chi connectivity index (χ1) is 10.6. The average Bonchev–Trinajstić information content (AvgIpc) is 2.51. The van der Waals surface area contributed by atoms with Gasteiger partial charge in [-0.2, -0.15) is 0 Å². The summed E-state index contributed by atoms with van der Waals surface area (Å²) in [4.78, 5) is 15.4. The van der Waals surface area contributed by atoms with Crippen molar-refractivity contribution >= 4 is 10.9 Å². The van der Waals surface area contributed by atoms with Crippen molar-refractivity contribution in [2.75, 3.05) is 0 Å². The number of hydrogen-bond acceptors (Lipinski definition) is 2. The van der Waals surface area contributed by atoms with Crippen LogP contribution >= 0.6 is 0 Å². The van der Waals surface area contributed by atoms with Crippen LogP contribution < -0.4 is 10.9 Å². The zero-order chi connectivity index (χ0) is 15.7. The predicted molar refractivity (Wildman–Crippen MR) is 92.3 cm³/mol. The summed E-state index contributed by atoms with van der Waals surface area (Å²) < 4.78 is 0. The van der Waals surface area contributed by atoms with Crippen LogP contribution in [0.1, 0.15) is 49.3 Å². The second-order valence-corrected chi connectivity index (χ2v) is 6.84. The molecule has 0 bridgehead atoms. The lowest BCUT2D eigenvalue weighted by molar-refractivity contribution is 0.279. The molecule has 1 aromatic heterocycles. The van der Waals surface area contributed by atoms with Crippen molar-refractivity contribution in [2.24, 2.45) is 5.92 Å². The van der Waals surface area contributed by atoms with Gasteiger partial charge >= 0.3 is 0 Å². The molecule has 2 atom stereocenters. The maximum Gasteiger partial charge on any atom is 0.252 e. The summed E-state index contributed by atoms with van der Waals surface area (Å²) in [5.41, 5.74) is 4.23. The number of benzene rings is 1. The van der Waals surface area contributed by atoms with Gasteiger partial charge in [-0.1, -0.05) is 31.9 Å². The van der Waals surface area contributed by atoms with Crippen LogP contribution in [-0.4, -0.2) is 11.0 Å². The number of aromatic nitrogens is 1. The summed E-state index contributed by atoms with van der Waals surface area (Å²) in [5.74, 6) is 0.707. The number of aromatic amines is 1. The fourth-order valence-electron chi connectivity index (χ4n) is 3.56. The maximum absolute atomic E-state index is 12.4. The van der Waals surface area contributed by atoms with Crippen LogP contribution in [-0.2, 0) is 6.54 Å². The molecule has 3 nitrogen and oxygen atoms in total. The molecule has 1 fully saturated rings. The SMILES string of the molecule is Cc1ccc2cc(CNC3CCCCC3C)c(=O)[nH]c2c1C. The summed E-state index contributed by atoms with van der Waals surface area (Å²) >= 11 is 0. The second-order valence-electron chi connectivity index (χ2n) is 6.84. The third kappa shape index (κ3) is 2.95. The van der Waals surface area contributed by atoms with Crippen LogP contribution in [0.5, 0.6) is 0 Å². The van der Waals surface area contributed by atoms with Gasteiger partial charge in [-0.3, -0.25) is 4.79 Å². The van der Waals surface area contributed by atoms with Crippen LogP contribution in [0, 0.1) is 19.8 Å². The van der Waals surface area contributed by atoms with Gasteiger partial charge in [-0.05, 0) is 55.2 Å². The van der Waals surface area contributed by atoms with Crippen LogP contribution in [0.25, 0.3) is 10.9 Å². The summed E-state index contributed by atoms with van der Waals surface area (Å²) in [7, 11) is 0. The monoisotopic (exact) mass is 298 g/mol. The molecule has 2 aromatic rings. The first-order valence-corrected chi connectivity index (χ1v) is 8.42. The van der Waals surface area contributed by atoms with E-state index in [-0.39, 0.29) is 5.56 Å². The molecular weight excluding hydrogens is 272 g/mol. The third-order valence-electron chi connectivity index (χ3n) is 5.29. The lowest BCUT2D eigenvalue weighted by Crippen LogP contribution is -2.37. The first kappa shape index (κ1) is 15.3. The van der Waals surface area contributed by atoms with E-state index < -0.39 is 0 Å². The van der Waals surface area contributed by atoms with Gasteiger partial charge in [-0.15, -0.1) is 0 Å². The summed E-state index contributed by atoms with van der Waals surface area (Å²) in [5, 5.41) is 4.72. The van der Waals surface area contributed by atoms with Gasteiger partial charge in [0.15, 0.2) is 0 Å². The number of hydrogen-bond donors (Lipinski definition) is 2. The predicted octanol–water partition coefficient (Wildman–Crippen LogP) is 3.81. The molecule has 0 radical (unpaired) electrons. The van der Waals surface area contributed by atoms with Gasteiger partial charge < -0.3 is 10.3 Å². The van der Waals surface area contributed by atoms with E-state index in [9.17, 15) is 4.79 Å². The zero-order valence-corrected chi connectivity index (χ0v) is 13.8. The molecule has 3 rings (SSSR count). The van der Waals surface area contributed by atoms with Crippen LogP contribution in [0.4, 0.5) is 0 Å². The largest absolute Gasteiger partial charge is 0.321 e. The Kier molecular flexibility index (Phi) is 4.34. The van der Waals surface area contributed by atoms with E-state index in [4.69, 9.17) is 0 Å². The molecule has 1 aromatic carbocycles. The Morgan fingerprint density at radius 2 is 2.00 bits per heavy atom. The van der Waals surface area contributed by atoms with E-state index in [0.29, 0.717) is 18.5 Å². The number of nitrogens with one attached hydrogen (secondary N) is 2. The molecule has 0 saturated heterocycles. The molecule has 0 aliphatic heterocycles. The standard InChI is InChI=1S/C19H26N2O/c1-12-8-9-15-10-16(19(22)21-18(15)14(12)3)11-20-17-7-5-4-6-13(17)2/h8-10,13,17,20H,4-7,11H2,1-3H3,(H,21,22). The summed E-state index contributed by atoms with van der Waals surface area (Å²) in [6, 6.07) is 6.81. The lowest BCUT2D eigenvalue weighted by Gasteiger charge is -2.29. The molecule has 1 saturated carbocycles. The Hall–Kier alpha value is -1.61. The number of H-pyrrole nitrogens is 1. The van der Waals surface area contributed by atoms with Crippen molar-refractivity contribution in [1.82, 2.24) is 10.3 Å². The summed E-state index contributed by atoms with van der Waals surface area (Å²) in [6.07, 6.45) is 5.16. The summed E-state index contributed by atoms with van der Waals surface area (Å²) in [6.45, 7) is 7.11. The fraction of sp³-hybridized carbons (Fsp3) is 0.526. The Bertz CT molecular complexity index is 732. The Morgan fingerprint density at radius 1 is 1.23 bits per heavy atom. The van der Waals surface area contributed by atoms with Gasteiger partial charge in [0.2, 0.25) is 0 Å². The van der Waals surface area contributed by atoms with E-state index in [2.05, 4.69) is 43.2 Å². The average molecular weight is 298 g/mol.